The number of alkyl carbamates (subject to hydrolysis) is 1. The van der Waals surface area contributed by atoms with Crippen LogP contribution >= 0.6 is 0 Å². The third-order valence-corrected chi connectivity index (χ3v) is 4.76. The van der Waals surface area contributed by atoms with E-state index in [0.717, 1.165) is 11.1 Å². The highest BCUT2D eigenvalue weighted by molar-refractivity contribution is 5.86. The van der Waals surface area contributed by atoms with Gasteiger partial charge in [-0.3, -0.25) is 9.59 Å². The van der Waals surface area contributed by atoms with Gasteiger partial charge in [-0.2, -0.15) is 0 Å². The molecule has 2 rings (SSSR count). The van der Waals surface area contributed by atoms with Crippen LogP contribution < -0.4 is 10.6 Å². The highest BCUT2D eigenvalue weighted by Gasteiger charge is 2.27. The number of ether oxygens (including phenoxy) is 2. The number of carbonyl (C=O) groups is 3. The van der Waals surface area contributed by atoms with Gasteiger partial charge in [-0.1, -0.05) is 60.7 Å². The summed E-state index contributed by atoms with van der Waals surface area (Å²) in [5.41, 5.74) is 1.17. The molecule has 0 saturated heterocycles. The van der Waals surface area contributed by atoms with E-state index in [2.05, 4.69) is 10.6 Å². The number of hydrogen-bond donors (Lipinski definition) is 2. The third kappa shape index (κ3) is 9.76. The van der Waals surface area contributed by atoms with Crippen molar-refractivity contribution < 1.29 is 23.9 Å². The first-order valence-electron chi connectivity index (χ1n) is 11.2. The topological polar surface area (TPSA) is 93.7 Å². The largest absolute Gasteiger partial charge is 0.466 e. The Morgan fingerprint density at radius 3 is 1.94 bits per heavy atom. The van der Waals surface area contributed by atoms with Crippen molar-refractivity contribution in [1.29, 1.82) is 0 Å². The van der Waals surface area contributed by atoms with Crippen LogP contribution in [0.3, 0.4) is 0 Å². The molecule has 2 aromatic carbocycles. The van der Waals surface area contributed by atoms with E-state index in [4.69, 9.17) is 9.47 Å². The highest BCUT2D eigenvalue weighted by Crippen LogP contribution is 2.12. The van der Waals surface area contributed by atoms with Crippen LogP contribution in [0.15, 0.2) is 60.7 Å². The van der Waals surface area contributed by atoms with Gasteiger partial charge in [0.25, 0.3) is 0 Å². The van der Waals surface area contributed by atoms with Crippen LogP contribution in [-0.2, 0) is 31.9 Å². The van der Waals surface area contributed by atoms with Crippen LogP contribution in [0.2, 0.25) is 0 Å². The molecule has 2 atom stereocenters. The summed E-state index contributed by atoms with van der Waals surface area (Å²) in [4.78, 5) is 37.9. The molecule has 0 radical (unpaired) electrons. The first kappa shape index (κ1) is 25.9. The first-order chi connectivity index (χ1) is 15.7. The van der Waals surface area contributed by atoms with Crippen LogP contribution in [0, 0.1) is 5.92 Å². The number of carbonyl (C=O) groups excluding carboxylic acids is 3. The Balaban J connectivity index is 2.10. The molecule has 33 heavy (non-hydrogen) atoms. The number of esters is 1. The quantitative estimate of drug-likeness (QED) is 0.535. The van der Waals surface area contributed by atoms with Crippen molar-refractivity contribution >= 4 is 18.0 Å². The zero-order valence-electron chi connectivity index (χ0n) is 19.8. The molecule has 0 aliphatic heterocycles. The summed E-state index contributed by atoms with van der Waals surface area (Å²) in [6.07, 6.45) is 0.0436. The lowest BCUT2D eigenvalue weighted by atomic mass is 9.99. The van der Waals surface area contributed by atoms with Gasteiger partial charge < -0.3 is 20.1 Å². The molecule has 7 nitrogen and oxygen atoms in total. The van der Waals surface area contributed by atoms with E-state index in [9.17, 15) is 14.4 Å². The maximum atomic E-state index is 13.1. The molecule has 7 heteroatoms. The van der Waals surface area contributed by atoms with Gasteiger partial charge in [0.1, 0.15) is 11.6 Å². The van der Waals surface area contributed by atoms with Crippen LogP contribution in [-0.4, -0.2) is 42.8 Å². The molecule has 178 valence electrons. The molecule has 0 aliphatic rings. The Morgan fingerprint density at radius 2 is 1.42 bits per heavy atom. The van der Waals surface area contributed by atoms with Gasteiger partial charge in [0, 0.05) is 13.0 Å². The van der Waals surface area contributed by atoms with E-state index in [1.807, 2.05) is 60.7 Å². The van der Waals surface area contributed by atoms with Gasteiger partial charge in [-0.25, -0.2) is 4.79 Å². The van der Waals surface area contributed by atoms with E-state index < -0.39 is 29.6 Å². The Hall–Kier alpha value is -3.35. The summed E-state index contributed by atoms with van der Waals surface area (Å²) in [6.45, 7) is 7.37. The van der Waals surface area contributed by atoms with Crippen molar-refractivity contribution in [2.24, 2.45) is 5.92 Å². The van der Waals surface area contributed by atoms with Crippen molar-refractivity contribution in [2.75, 3.05) is 13.2 Å². The summed E-state index contributed by atoms with van der Waals surface area (Å²) >= 11 is 0. The lowest BCUT2D eigenvalue weighted by molar-refractivity contribution is -0.147. The number of benzene rings is 2. The number of amides is 2. The third-order valence-electron chi connectivity index (χ3n) is 4.76. The second-order valence-corrected chi connectivity index (χ2v) is 8.77. The Morgan fingerprint density at radius 1 is 0.879 bits per heavy atom. The molecule has 0 bridgehead atoms. The second-order valence-electron chi connectivity index (χ2n) is 8.77. The minimum atomic E-state index is -0.859. The van der Waals surface area contributed by atoms with Gasteiger partial charge in [-0.05, 0) is 45.2 Å². The summed E-state index contributed by atoms with van der Waals surface area (Å²) < 4.78 is 10.5. The monoisotopic (exact) mass is 454 g/mol. The first-order valence-corrected chi connectivity index (χ1v) is 11.2. The summed E-state index contributed by atoms with van der Waals surface area (Å²) in [6, 6.07) is 18.1. The van der Waals surface area contributed by atoms with Gasteiger partial charge in [0.2, 0.25) is 5.91 Å². The molecule has 0 saturated carbocycles. The smallest absolute Gasteiger partial charge is 0.408 e. The van der Waals surface area contributed by atoms with Crippen LogP contribution in [0.1, 0.15) is 38.8 Å². The number of hydrogen-bond acceptors (Lipinski definition) is 5. The Labute approximate surface area is 195 Å². The zero-order chi connectivity index (χ0) is 24.3. The molecule has 2 unspecified atom stereocenters. The molecule has 0 spiro atoms. The predicted molar refractivity (Wildman–Crippen MR) is 127 cm³/mol. The minimum Gasteiger partial charge on any atom is -0.466 e. The van der Waals surface area contributed by atoms with E-state index in [0.29, 0.717) is 6.42 Å². The fourth-order valence-corrected chi connectivity index (χ4v) is 3.25. The van der Waals surface area contributed by atoms with Crippen LogP contribution in [0.5, 0.6) is 0 Å². The zero-order valence-corrected chi connectivity index (χ0v) is 19.8. The average Bonchev–Trinajstić information content (AvgIpc) is 2.76. The maximum Gasteiger partial charge on any atom is 0.408 e. The SMILES string of the molecule is CCOC(=O)C(CNC(=O)C(Cc1ccccc1)NC(=O)OC(C)(C)C)Cc1ccccc1. The number of nitrogens with one attached hydrogen (secondary N) is 2. The van der Waals surface area contributed by atoms with E-state index >= 15 is 0 Å². The summed E-state index contributed by atoms with van der Waals surface area (Å²) in [7, 11) is 0. The van der Waals surface area contributed by atoms with Gasteiger partial charge in [0.05, 0.1) is 12.5 Å². The van der Waals surface area contributed by atoms with Crippen molar-refractivity contribution in [3.8, 4) is 0 Å². The van der Waals surface area contributed by atoms with Crippen molar-refractivity contribution in [1.82, 2.24) is 10.6 Å². The molecular weight excluding hydrogens is 420 g/mol. The highest BCUT2D eigenvalue weighted by atomic mass is 16.6. The molecule has 2 aromatic rings. The Kier molecular flexibility index (Phi) is 9.91. The van der Waals surface area contributed by atoms with Crippen LogP contribution in [0.25, 0.3) is 0 Å². The van der Waals surface area contributed by atoms with Crippen molar-refractivity contribution in [2.45, 2.75) is 52.2 Å². The van der Waals surface area contributed by atoms with E-state index in [1.54, 1.807) is 27.7 Å². The predicted octanol–water partition coefficient (Wildman–Crippen LogP) is 3.66. The maximum absolute atomic E-state index is 13.1. The average molecular weight is 455 g/mol. The second kappa shape index (κ2) is 12.6. The molecule has 0 aliphatic carbocycles. The molecule has 2 N–H and O–H groups in total. The fourth-order valence-electron chi connectivity index (χ4n) is 3.25. The van der Waals surface area contributed by atoms with Gasteiger partial charge in [0.15, 0.2) is 0 Å². The molecule has 2 amide bonds. The molecule has 0 heterocycles. The molecule has 0 fully saturated rings. The van der Waals surface area contributed by atoms with Crippen LogP contribution in [0.4, 0.5) is 4.79 Å². The van der Waals surface area contributed by atoms with Crippen molar-refractivity contribution in [3.05, 3.63) is 71.8 Å². The fraction of sp³-hybridized carbons (Fsp3) is 0.423. The lowest BCUT2D eigenvalue weighted by Gasteiger charge is -2.24. The lowest BCUT2D eigenvalue weighted by Crippen LogP contribution is -2.50. The van der Waals surface area contributed by atoms with Gasteiger partial charge >= 0.3 is 12.1 Å². The van der Waals surface area contributed by atoms with E-state index in [1.165, 1.54) is 0 Å². The van der Waals surface area contributed by atoms with Crippen molar-refractivity contribution in [3.63, 3.8) is 0 Å². The molecule has 0 aromatic heterocycles. The van der Waals surface area contributed by atoms with Gasteiger partial charge in [-0.15, -0.1) is 0 Å². The molecular formula is C26H34N2O5. The standard InChI is InChI=1S/C26H34N2O5/c1-5-32-24(30)21(16-19-12-8-6-9-13-19)18-27-23(29)22(17-20-14-10-7-11-15-20)28-25(31)33-26(2,3)4/h6-15,21-22H,5,16-18H2,1-4H3,(H,27,29)(H,28,31). The minimum absolute atomic E-state index is 0.0911. The summed E-state index contributed by atoms with van der Waals surface area (Å²) in [5.74, 6) is -1.32. The summed E-state index contributed by atoms with van der Waals surface area (Å²) in [5, 5.41) is 5.48. The normalized spacial score (nSPS) is 12.8. The van der Waals surface area contributed by atoms with E-state index in [-0.39, 0.29) is 25.5 Å². The Bertz CT molecular complexity index is 894. The number of rotatable bonds is 10.